The summed E-state index contributed by atoms with van der Waals surface area (Å²) < 4.78 is 10.9. The molecule has 0 aliphatic heterocycles. The van der Waals surface area contributed by atoms with Crippen molar-refractivity contribution in [2.24, 2.45) is 7.05 Å². The lowest BCUT2D eigenvalue weighted by Gasteiger charge is -2.45. The summed E-state index contributed by atoms with van der Waals surface area (Å²) >= 11 is 0. The third-order valence-corrected chi connectivity index (χ3v) is 5.69. The first-order chi connectivity index (χ1) is 14.1. The summed E-state index contributed by atoms with van der Waals surface area (Å²) in [5.41, 5.74) is 3.97. The van der Waals surface area contributed by atoms with Crippen LogP contribution in [-0.2, 0) is 17.3 Å². The van der Waals surface area contributed by atoms with Gasteiger partial charge in [-0.2, -0.15) is 20.6 Å². The van der Waals surface area contributed by atoms with Crippen LogP contribution in [0.4, 0.5) is 0 Å². The first-order valence-corrected chi connectivity index (χ1v) is 9.40. The van der Waals surface area contributed by atoms with Crippen LogP contribution in [0.2, 0.25) is 0 Å². The Morgan fingerprint density at radius 1 is 1.17 bits per heavy atom. The molecule has 0 unspecified atom stereocenters. The van der Waals surface area contributed by atoms with Crippen LogP contribution in [0.1, 0.15) is 19.3 Å². The number of rotatable bonds is 5. The molecule has 0 radical (unpaired) electrons. The minimum Gasteiger partial charge on any atom is -0.381 e. The molecule has 29 heavy (non-hydrogen) atoms. The molecule has 4 aromatic rings. The number of fused-ring (bicyclic) bond motifs is 1. The summed E-state index contributed by atoms with van der Waals surface area (Å²) in [5.74, 6) is 0. The van der Waals surface area contributed by atoms with Crippen molar-refractivity contribution in [3.63, 3.8) is 0 Å². The molecular weight excluding hydrogens is 368 g/mol. The number of nitrogens with zero attached hydrogens (tertiary/aromatic N) is 8. The maximum absolute atomic E-state index is 9.33. The monoisotopic (exact) mass is 388 g/mol. The van der Waals surface area contributed by atoms with Crippen LogP contribution < -0.4 is 0 Å². The molecule has 1 saturated carbocycles. The Labute approximate surface area is 167 Å². The fourth-order valence-electron chi connectivity index (χ4n) is 4.05. The van der Waals surface area contributed by atoms with E-state index in [9.17, 15) is 5.26 Å². The Morgan fingerprint density at radius 3 is 2.72 bits per heavy atom. The normalized spacial score (nSPS) is 21.2. The van der Waals surface area contributed by atoms with Gasteiger partial charge in [0, 0.05) is 37.7 Å². The number of ether oxygens (including phenoxy) is 1. The molecule has 0 amide bonds. The number of aryl methyl sites for hydroxylation is 1. The quantitative estimate of drug-likeness (QED) is 0.521. The molecule has 1 aliphatic carbocycles. The van der Waals surface area contributed by atoms with Gasteiger partial charge in [0.2, 0.25) is 0 Å². The van der Waals surface area contributed by atoms with Crippen LogP contribution >= 0.6 is 0 Å². The highest BCUT2D eigenvalue weighted by Gasteiger charge is 2.47. The van der Waals surface area contributed by atoms with Gasteiger partial charge < -0.3 is 4.74 Å². The third-order valence-electron chi connectivity index (χ3n) is 5.69. The van der Waals surface area contributed by atoms with Gasteiger partial charge in [-0.3, -0.25) is 9.36 Å². The van der Waals surface area contributed by atoms with Crippen LogP contribution in [0.5, 0.6) is 0 Å². The molecule has 0 spiro atoms. The van der Waals surface area contributed by atoms with E-state index >= 15 is 0 Å². The summed E-state index contributed by atoms with van der Waals surface area (Å²) in [6, 6.07) is 4.24. The zero-order chi connectivity index (χ0) is 20.0. The molecule has 1 aliphatic rings. The van der Waals surface area contributed by atoms with Gasteiger partial charge >= 0.3 is 0 Å². The average Bonchev–Trinajstić information content (AvgIpc) is 3.43. The highest BCUT2D eigenvalue weighted by atomic mass is 16.5. The predicted molar refractivity (Wildman–Crippen MR) is 105 cm³/mol. The molecule has 0 aromatic carbocycles. The van der Waals surface area contributed by atoms with Crippen molar-refractivity contribution in [2.75, 3.05) is 7.11 Å². The van der Waals surface area contributed by atoms with E-state index in [0.29, 0.717) is 6.42 Å². The smallest absolute Gasteiger partial charge is 0.0999 e. The van der Waals surface area contributed by atoms with E-state index in [4.69, 9.17) is 9.72 Å². The lowest BCUT2D eigenvalue weighted by Crippen LogP contribution is -2.50. The molecular formula is C20H20N8O. The highest BCUT2D eigenvalue weighted by molar-refractivity contribution is 5.78. The minimum atomic E-state index is -0.314. The van der Waals surface area contributed by atoms with Crippen molar-refractivity contribution >= 4 is 5.52 Å². The maximum Gasteiger partial charge on any atom is 0.0999 e. The van der Waals surface area contributed by atoms with E-state index in [1.807, 2.05) is 47.1 Å². The molecule has 0 atom stereocenters. The van der Waals surface area contributed by atoms with E-state index in [-0.39, 0.29) is 11.6 Å². The second kappa shape index (κ2) is 6.53. The van der Waals surface area contributed by atoms with Crippen molar-refractivity contribution in [1.82, 2.24) is 34.2 Å². The fourth-order valence-corrected chi connectivity index (χ4v) is 4.05. The van der Waals surface area contributed by atoms with Gasteiger partial charge in [0.15, 0.2) is 0 Å². The first kappa shape index (κ1) is 17.6. The standard InChI is InChI=1S/C20H20N8O/c1-26-11-14(9-23-26)17-13-27-18(3-6-22-27)19(25-17)15-10-24-28(12-15)20(4-5-21)7-16(8-20)29-2/h3,6,9-13,16H,4,7-8H2,1-2H3. The van der Waals surface area contributed by atoms with Crippen molar-refractivity contribution in [3.8, 4) is 28.6 Å². The van der Waals surface area contributed by atoms with Gasteiger partial charge in [0.05, 0.1) is 65.8 Å². The van der Waals surface area contributed by atoms with Gasteiger partial charge in [-0.25, -0.2) is 9.50 Å². The largest absolute Gasteiger partial charge is 0.381 e. The number of hydrogen-bond acceptors (Lipinski definition) is 6. The number of methoxy groups -OCH3 is 1. The van der Waals surface area contributed by atoms with Gasteiger partial charge in [-0.15, -0.1) is 0 Å². The summed E-state index contributed by atoms with van der Waals surface area (Å²) in [6.45, 7) is 0. The zero-order valence-corrected chi connectivity index (χ0v) is 16.2. The van der Waals surface area contributed by atoms with E-state index in [0.717, 1.165) is 40.9 Å². The van der Waals surface area contributed by atoms with E-state index < -0.39 is 0 Å². The number of hydrogen-bond donors (Lipinski definition) is 0. The second-order valence-corrected chi connectivity index (χ2v) is 7.54. The van der Waals surface area contributed by atoms with Crippen LogP contribution in [0, 0.1) is 11.3 Å². The Morgan fingerprint density at radius 2 is 2.00 bits per heavy atom. The molecule has 0 saturated heterocycles. The molecule has 5 rings (SSSR count). The van der Waals surface area contributed by atoms with E-state index in [1.54, 1.807) is 24.2 Å². The number of aromatic nitrogens is 7. The van der Waals surface area contributed by atoms with Gasteiger partial charge in [-0.05, 0) is 18.9 Å². The summed E-state index contributed by atoms with van der Waals surface area (Å²) in [4.78, 5) is 4.89. The molecule has 9 nitrogen and oxygen atoms in total. The molecule has 4 heterocycles. The number of nitriles is 1. The van der Waals surface area contributed by atoms with E-state index in [1.165, 1.54) is 0 Å². The molecule has 0 bridgehead atoms. The lowest BCUT2D eigenvalue weighted by molar-refractivity contribution is -0.0542. The lowest BCUT2D eigenvalue weighted by atomic mass is 9.72. The Bertz CT molecular complexity index is 1220. The van der Waals surface area contributed by atoms with Crippen molar-refractivity contribution in [3.05, 3.63) is 43.2 Å². The third kappa shape index (κ3) is 2.80. The van der Waals surface area contributed by atoms with Gasteiger partial charge in [0.25, 0.3) is 0 Å². The Balaban J connectivity index is 1.58. The van der Waals surface area contributed by atoms with Crippen LogP contribution in [0.25, 0.3) is 28.0 Å². The maximum atomic E-state index is 9.33. The van der Waals surface area contributed by atoms with Crippen LogP contribution in [0.15, 0.2) is 43.2 Å². The molecule has 4 aromatic heterocycles. The van der Waals surface area contributed by atoms with Crippen molar-refractivity contribution < 1.29 is 4.74 Å². The topological polar surface area (TPSA) is 98.8 Å². The van der Waals surface area contributed by atoms with E-state index in [2.05, 4.69) is 21.4 Å². The molecule has 0 N–H and O–H groups in total. The van der Waals surface area contributed by atoms with Crippen LogP contribution in [0.3, 0.4) is 0 Å². The highest BCUT2D eigenvalue weighted by Crippen LogP contribution is 2.43. The Hall–Kier alpha value is -3.51. The molecule has 9 heteroatoms. The van der Waals surface area contributed by atoms with Gasteiger partial charge in [-0.1, -0.05) is 0 Å². The fraction of sp³-hybridized carbons (Fsp3) is 0.350. The summed E-state index contributed by atoms with van der Waals surface area (Å²) in [7, 11) is 3.58. The minimum absolute atomic E-state index is 0.171. The van der Waals surface area contributed by atoms with Crippen molar-refractivity contribution in [1.29, 1.82) is 5.26 Å². The first-order valence-electron chi connectivity index (χ1n) is 9.40. The molecule has 1 fully saturated rings. The summed E-state index contributed by atoms with van der Waals surface area (Å²) in [6.07, 6.45) is 13.3. The Kier molecular flexibility index (Phi) is 3.96. The van der Waals surface area contributed by atoms with Gasteiger partial charge in [0.1, 0.15) is 0 Å². The second-order valence-electron chi connectivity index (χ2n) is 7.54. The summed E-state index contributed by atoms with van der Waals surface area (Å²) in [5, 5.41) is 22.6. The average molecular weight is 388 g/mol. The SMILES string of the molecule is COC1CC(CC#N)(n2cc(-c3nc(-c4cnn(C)c4)cn4nccc34)cn2)C1. The van der Waals surface area contributed by atoms with Crippen molar-refractivity contribution in [2.45, 2.75) is 30.9 Å². The van der Waals surface area contributed by atoms with Crippen LogP contribution in [-0.4, -0.2) is 47.4 Å². The molecule has 146 valence electrons. The predicted octanol–water partition coefficient (Wildman–Crippen LogP) is 2.41. The zero-order valence-electron chi connectivity index (χ0n) is 16.2.